The van der Waals surface area contributed by atoms with Crippen LogP contribution in [0.15, 0.2) is 0 Å². The molecule has 0 amide bonds. The SMILES string of the molecule is COCOCC1(O)C2C[C@H](OC(C)(C)C)C(C)(C[C@@H]2O[Si](C)(C)C(C)(C)C)C1OC(C)=O. The van der Waals surface area contributed by atoms with Gasteiger partial charge in [0.05, 0.1) is 24.4 Å². The van der Waals surface area contributed by atoms with E-state index in [2.05, 4.69) is 40.8 Å². The van der Waals surface area contributed by atoms with Crippen molar-refractivity contribution in [2.75, 3.05) is 20.5 Å². The molecule has 0 aromatic rings. The molecule has 0 aromatic heterocycles. The average molecular weight is 475 g/mol. The van der Waals surface area contributed by atoms with E-state index in [0.717, 1.165) is 0 Å². The smallest absolute Gasteiger partial charge is 0.303 e. The Morgan fingerprint density at radius 1 is 1.16 bits per heavy atom. The summed E-state index contributed by atoms with van der Waals surface area (Å²) >= 11 is 0. The van der Waals surface area contributed by atoms with Crippen molar-refractivity contribution >= 4 is 14.3 Å². The lowest BCUT2D eigenvalue weighted by Gasteiger charge is -2.64. The van der Waals surface area contributed by atoms with Crippen LogP contribution in [-0.2, 0) is 28.2 Å². The molecule has 3 aliphatic carbocycles. The largest absolute Gasteiger partial charge is 0.459 e. The van der Waals surface area contributed by atoms with Gasteiger partial charge in [-0.3, -0.25) is 4.79 Å². The van der Waals surface area contributed by atoms with Crippen LogP contribution in [0, 0.1) is 11.3 Å². The minimum Gasteiger partial charge on any atom is -0.459 e. The summed E-state index contributed by atoms with van der Waals surface area (Å²) in [5.41, 5.74) is -2.40. The van der Waals surface area contributed by atoms with Crippen LogP contribution in [0.3, 0.4) is 0 Å². The molecule has 0 aliphatic heterocycles. The number of carbonyl (C=O) groups excluding carboxylic acids is 1. The molecule has 2 bridgehead atoms. The number of fused-ring (bicyclic) bond motifs is 3. The minimum absolute atomic E-state index is 0.00135. The van der Waals surface area contributed by atoms with Crippen molar-refractivity contribution in [2.24, 2.45) is 11.3 Å². The Labute approximate surface area is 195 Å². The molecule has 3 aliphatic rings. The van der Waals surface area contributed by atoms with E-state index in [9.17, 15) is 9.90 Å². The molecule has 0 aromatic carbocycles. The van der Waals surface area contributed by atoms with E-state index < -0.39 is 31.4 Å². The second-order valence-electron chi connectivity index (χ2n) is 12.4. The van der Waals surface area contributed by atoms with Gasteiger partial charge in [-0.15, -0.1) is 0 Å². The van der Waals surface area contributed by atoms with Crippen molar-refractivity contribution in [3.05, 3.63) is 0 Å². The summed E-state index contributed by atoms with van der Waals surface area (Å²) in [6, 6.07) is 0. The van der Waals surface area contributed by atoms with Crippen molar-refractivity contribution in [1.29, 1.82) is 0 Å². The molecule has 6 atom stereocenters. The quantitative estimate of drug-likeness (QED) is 0.243. The van der Waals surface area contributed by atoms with Crippen molar-refractivity contribution in [3.8, 4) is 0 Å². The van der Waals surface area contributed by atoms with Gasteiger partial charge in [0.2, 0.25) is 0 Å². The second-order valence-corrected chi connectivity index (χ2v) is 17.2. The zero-order valence-corrected chi connectivity index (χ0v) is 23.0. The number of carbonyl (C=O) groups is 1. The van der Waals surface area contributed by atoms with Crippen LogP contribution in [0.1, 0.15) is 68.2 Å². The fraction of sp³-hybridized carbons (Fsp3) is 0.958. The first-order valence-electron chi connectivity index (χ1n) is 11.7. The van der Waals surface area contributed by atoms with Crippen LogP contribution in [0.2, 0.25) is 18.1 Å². The van der Waals surface area contributed by atoms with Crippen molar-refractivity contribution in [1.82, 2.24) is 0 Å². The summed E-state index contributed by atoms with van der Waals surface area (Å²) in [5, 5.41) is 12.1. The van der Waals surface area contributed by atoms with Crippen molar-refractivity contribution in [3.63, 3.8) is 0 Å². The Morgan fingerprint density at radius 3 is 2.22 bits per heavy atom. The highest BCUT2D eigenvalue weighted by molar-refractivity contribution is 6.74. The lowest BCUT2D eigenvalue weighted by atomic mass is 9.50. The highest BCUT2D eigenvalue weighted by Crippen LogP contribution is 2.59. The number of methoxy groups -OCH3 is 1. The lowest BCUT2D eigenvalue weighted by Crippen LogP contribution is -2.75. The predicted molar refractivity (Wildman–Crippen MR) is 126 cm³/mol. The van der Waals surface area contributed by atoms with E-state index in [1.807, 2.05) is 20.8 Å². The fourth-order valence-electron chi connectivity index (χ4n) is 5.09. The van der Waals surface area contributed by atoms with Crippen molar-refractivity contribution in [2.45, 2.75) is 116 Å². The molecular formula is C24H46O7Si. The Morgan fingerprint density at radius 2 is 1.75 bits per heavy atom. The molecule has 7 nitrogen and oxygen atoms in total. The maximum Gasteiger partial charge on any atom is 0.303 e. The van der Waals surface area contributed by atoms with Crippen LogP contribution in [0.4, 0.5) is 0 Å². The Bertz CT molecular complexity index is 668. The van der Waals surface area contributed by atoms with Gasteiger partial charge in [-0.25, -0.2) is 0 Å². The topological polar surface area (TPSA) is 83.5 Å². The van der Waals surface area contributed by atoms with Crippen LogP contribution in [0.25, 0.3) is 0 Å². The highest BCUT2D eigenvalue weighted by atomic mass is 28.4. The third kappa shape index (κ3) is 5.58. The maximum absolute atomic E-state index is 12.1. The molecule has 0 heterocycles. The highest BCUT2D eigenvalue weighted by Gasteiger charge is 2.69. The molecule has 3 fully saturated rings. The molecular weight excluding hydrogens is 428 g/mol. The first-order valence-corrected chi connectivity index (χ1v) is 14.6. The predicted octanol–water partition coefficient (Wildman–Crippen LogP) is 4.27. The molecule has 0 spiro atoms. The minimum atomic E-state index is -2.11. The Hall–Kier alpha value is -0.513. The monoisotopic (exact) mass is 474 g/mol. The van der Waals surface area contributed by atoms with Gasteiger partial charge >= 0.3 is 5.97 Å². The van der Waals surface area contributed by atoms with E-state index in [4.69, 9.17) is 23.4 Å². The number of ether oxygens (including phenoxy) is 4. The van der Waals surface area contributed by atoms with Gasteiger partial charge in [0, 0.05) is 25.4 Å². The third-order valence-corrected chi connectivity index (χ3v) is 12.1. The van der Waals surface area contributed by atoms with Gasteiger partial charge in [-0.1, -0.05) is 27.7 Å². The van der Waals surface area contributed by atoms with E-state index in [0.29, 0.717) is 12.8 Å². The number of rotatable bonds is 8. The van der Waals surface area contributed by atoms with E-state index in [1.165, 1.54) is 6.92 Å². The molecule has 0 saturated heterocycles. The van der Waals surface area contributed by atoms with E-state index in [-0.39, 0.29) is 42.2 Å². The molecule has 188 valence electrons. The number of esters is 1. The second kappa shape index (κ2) is 9.27. The average Bonchev–Trinajstić information content (AvgIpc) is 2.58. The van der Waals surface area contributed by atoms with Crippen LogP contribution < -0.4 is 0 Å². The van der Waals surface area contributed by atoms with E-state index in [1.54, 1.807) is 7.11 Å². The first-order chi connectivity index (χ1) is 14.4. The molecule has 8 heteroatoms. The molecule has 0 radical (unpaired) electrons. The Balaban J connectivity index is 2.51. The first kappa shape index (κ1) is 27.7. The van der Waals surface area contributed by atoms with Gasteiger partial charge in [-0.2, -0.15) is 0 Å². The van der Waals surface area contributed by atoms with E-state index >= 15 is 0 Å². The van der Waals surface area contributed by atoms with Crippen LogP contribution >= 0.6 is 0 Å². The van der Waals surface area contributed by atoms with Crippen LogP contribution in [0.5, 0.6) is 0 Å². The van der Waals surface area contributed by atoms with Crippen molar-refractivity contribution < 1.29 is 33.3 Å². The molecule has 3 saturated carbocycles. The summed E-state index contributed by atoms with van der Waals surface area (Å²) in [7, 11) is -0.571. The summed E-state index contributed by atoms with van der Waals surface area (Å²) in [4.78, 5) is 12.1. The van der Waals surface area contributed by atoms with Gasteiger partial charge < -0.3 is 28.5 Å². The zero-order valence-electron chi connectivity index (χ0n) is 22.0. The normalized spacial score (nSPS) is 35.8. The van der Waals surface area contributed by atoms with Gasteiger partial charge in [-0.05, 0) is 51.7 Å². The van der Waals surface area contributed by atoms with Gasteiger partial charge in [0.1, 0.15) is 18.5 Å². The number of hydrogen-bond donors (Lipinski definition) is 1. The molecule has 32 heavy (non-hydrogen) atoms. The maximum atomic E-state index is 12.1. The fourth-order valence-corrected chi connectivity index (χ4v) is 6.45. The van der Waals surface area contributed by atoms with Crippen LogP contribution in [-0.4, -0.2) is 69.4 Å². The van der Waals surface area contributed by atoms with Gasteiger partial charge in [0.25, 0.3) is 0 Å². The molecule has 1 N–H and O–H groups in total. The number of aliphatic hydroxyl groups is 1. The third-order valence-electron chi connectivity index (χ3n) is 7.55. The standard InChI is InChI=1S/C24H46O7Si/c1-16(25)29-20-23(8)13-18(31-32(10,11)22(5,6)7)17(12-19(23)30-21(2,3)4)24(20,26)14-28-15-27-9/h17-20,26H,12-15H2,1-11H3/t17?,18-,19-,20?,23?,24?/m0/s1. The number of hydrogen-bond acceptors (Lipinski definition) is 7. The zero-order chi connectivity index (χ0) is 24.8. The summed E-state index contributed by atoms with van der Waals surface area (Å²) in [5.74, 6) is -0.725. The summed E-state index contributed by atoms with van der Waals surface area (Å²) in [6.07, 6.45) is 0.129. The summed E-state index contributed by atoms with van der Waals surface area (Å²) < 4.78 is 29.9. The molecule has 3 rings (SSSR count). The van der Waals surface area contributed by atoms with Gasteiger partial charge in [0.15, 0.2) is 8.32 Å². The summed E-state index contributed by atoms with van der Waals surface area (Å²) in [6.45, 7) is 20.6. The molecule has 4 unspecified atom stereocenters. The Kier molecular flexibility index (Phi) is 8.03. The lowest BCUT2D eigenvalue weighted by molar-refractivity contribution is -0.314.